The fourth-order valence-electron chi connectivity index (χ4n) is 1.77. The Morgan fingerprint density at radius 1 is 1.38 bits per heavy atom. The zero-order valence-electron chi connectivity index (χ0n) is 9.19. The van der Waals surface area contributed by atoms with E-state index in [1.54, 1.807) is 7.11 Å². The van der Waals surface area contributed by atoms with Gasteiger partial charge < -0.3 is 19.0 Å². The third kappa shape index (κ3) is 1.96. The number of hydrogen-bond acceptors (Lipinski definition) is 4. The molecule has 1 aliphatic rings. The summed E-state index contributed by atoms with van der Waals surface area (Å²) >= 11 is 0. The highest BCUT2D eigenvalue weighted by Crippen LogP contribution is 2.41. The quantitative estimate of drug-likeness (QED) is 0.726. The molecule has 0 bridgehead atoms. The monoisotopic (exact) mass is 222 g/mol. The minimum Gasteiger partial charge on any atom is -0.492 e. The predicted molar refractivity (Wildman–Crippen MR) is 58.4 cm³/mol. The highest BCUT2D eigenvalue weighted by molar-refractivity contribution is 5.58. The summed E-state index contributed by atoms with van der Waals surface area (Å²) in [5.41, 5.74) is 0.971. The molecular weight excluding hydrogens is 208 g/mol. The molecule has 4 heteroatoms. The van der Waals surface area contributed by atoms with Crippen LogP contribution in [0, 0.1) is 0 Å². The maximum absolute atomic E-state index is 10.4. The van der Waals surface area contributed by atoms with E-state index in [0.29, 0.717) is 43.3 Å². The van der Waals surface area contributed by atoms with Crippen LogP contribution in [0.4, 0.5) is 0 Å². The molecule has 2 rings (SSSR count). The Morgan fingerprint density at radius 2 is 2.19 bits per heavy atom. The normalized spacial score (nSPS) is 13.3. The zero-order chi connectivity index (χ0) is 11.4. The minimum absolute atomic E-state index is 0.482. The third-order valence-corrected chi connectivity index (χ3v) is 2.48. The van der Waals surface area contributed by atoms with Crippen LogP contribution in [0.2, 0.25) is 0 Å². The van der Waals surface area contributed by atoms with E-state index in [0.717, 1.165) is 11.8 Å². The first-order chi connectivity index (χ1) is 7.86. The minimum atomic E-state index is 0.482. The Balaban J connectivity index is 2.35. The standard InChI is InChI=1S/C12H14O4/c1-14-11-9(3-2-6-13)4-5-10-12(11)16-8-7-15-10/h4-6H,2-3,7-8H2,1H3. The van der Waals surface area contributed by atoms with Crippen molar-refractivity contribution in [2.45, 2.75) is 12.8 Å². The van der Waals surface area contributed by atoms with E-state index < -0.39 is 0 Å². The van der Waals surface area contributed by atoms with Crippen LogP contribution < -0.4 is 14.2 Å². The molecule has 4 nitrogen and oxygen atoms in total. The second-order valence-corrected chi connectivity index (χ2v) is 3.49. The van der Waals surface area contributed by atoms with Gasteiger partial charge in [0.15, 0.2) is 11.5 Å². The van der Waals surface area contributed by atoms with E-state index in [4.69, 9.17) is 14.2 Å². The third-order valence-electron chi connectivity index (χ3n) is 2.48. The first kappa shape index (κ1) is 10.8. The van der Waals surface area contributed by atoms with Crippen molar-refractivity contribution < 1.29 is 19.0 Å². The number of carbonyl (C=O) groups is 1. The molecule has 0 atom stereocenters. The topological polar surface area (TPSA) is 44.8 Å². The number of benzene rings is 1. The van der Waals surface area contributed by atoms with Gasteiger partial charge in [0.25, 0.3) is 0 Å². The van der Waals surface area contributed by atoms with E-state index in [-0.39, 0.29) is 0 Å². The molecule has 16 heavy (non-hydrogen) atoms. The van der Waals surface area contributed by atoms with Crippen molar-refractivity contribution in [2.75, 3.05) is 20.3 Å². The van der Waals surface area contributed by atoms with Crippen LogP contribution in [-0.4, -0.2) is 26.6 Å². The van der Waals surface area contributed by atoms with Gasteiger partial charge in [-0.3, -0.25) is 0 Å². The molecule has 1 aliphatic heterocycles. The summed E-state index contributed by atoms with van der Waals surface area (Å²) in [6.45, 7) is 1.09. The van der Waals surface area contributed by atoms with Gasteiger partial charge in [0.05, 0.1) is 7.11 Å². The molecule has 0 amide bonds. The van der Waals surface area contributed by atoms with Gasteiger partial charge in [0.1, 0.15) is 19.5 Å². The lowest BCUT2D eigenvalue weighted by Gasteiger charge is -2.22. The van der Waals surface area contributed by atoms with Crippen LogP contribution in [0.3, 0.4) is 0 Å². The van der Waals surface area contributed by atoms with Crippen molar-refractivity contribution in [3.05, 3.63) is 17.7 Å². The van der Waals surface area contributed by atoms with Crippen molar-refractivity contribution in [2.24, 2.45) is 0 Å². The summed E-state index contributed by atoms with van der Waals surface area (Å²) in [5, 5.41) is 0. The molecule has 1 aromatic rings. The highest BCUT2D eigenvalue weighted by Gasteiger charge is 2.19. The first-order valence-corrected chi connectivity index (χ1v) is 5.26. The van der Waals surface area contributed by atoms with Crippen molar-refractivity contribution >= 4 is 6.29 Å². The van der Waals surface area contributed by atoms with Gasteiger partial charge in [-0.2, -0.15) is 0 Å². The lowest BCUT2D eigenvalue weighted by molar-refractivity contribution is -0.107. The molecule has 0 radical (unpaired) electrons. The Morgan fingerprint density at radius 3 is 2.94 bits per heavy atom. The molecule has 0 spiro atoms. The number of hydrogen-bond donors (Lipinski definition) is 0. The predicted octanol–water partition coefficient (Wildman–Crippen LogP) is 1.60. The van der Waals surface area contributed by atoms with Gasteiger partial charge in [-0.25, -0.2) is 0 Å². The summed E-state index contributed by atoms with van der Waals surface area (Å²) < 4.78 is 16.3. The Labute approximate surface area is 94.1 Å². The summed E-state index contributed by atoms with van der Waals surface area (Å²) in [4.78, 5) is 10.4. The second-order valence-electron chi connectivity index (χ2n) is 3.49. The SMILES string of the molecule is COc1c(CCC=O)ccc2c1OCCO2. The van der Waals surface area contributed by atoms with Crippen LogP contribution in [-0.2, 0) is 11.2 Å². The summed E-state index contributed by atoms with van der Waals surface area (Å²) in [6.07, 6.45) is 2.04. The number of fused-ring (bicyclic) bond motifs is 1. The number of methoxy groups -OCH3 is 1. The number of rotatable bonds is 4. The van der Waals surface area contributed by atoms with Gasteiger partial charge in [-0.15, -0.1) is 0 Å². The van der Waals surface area contributed by atoms with Crippen molar-refractivity contribution in [3.8, 4) is 17.2 Å². The molecule has 1 aromatic carbocycles. The maximum atomic E-state index is 10.4. The van der Waals surface area contributed by atoms with Crippen LogP contribution in [0.15, 0.2) is 12.1 Å². The molecule has 86 valence electrons. The second kappa shape index (κ2) is 4.88. The van der Waals surface area contributed by atoms with Crippen LogP contribution in [0.1, 0.15) is 12.0 Å². The summed E-state index contributed by atoms with van der Waals surface area (Å²) in [7, 11) is 1.60. The van der Waals surface area contributed by atoms with E-state index in [2.05, 4.69) is 0 Å². The summed E-state index contributed by atoms with van der Waals surface area (Å²) in [6, 6.07) is 3.77. The highest BCUT2D eigenvalue weighted by atomic mass is 16.6. The van der Waals surface area contributed by atoms with E-state index in [1.807, 2.05) is 12.1 Å². The average molecular weight is 222 g/mol. The molecule has 0 aromatic heterocycles. The van der Waals surface area contributed by atoms with Gasteiger partial charge in [-0.1, -0.05) is 6.07 Å². The molecule has 0 N–H and O–H groups in total. The zero-order valence-corrected chi connectivity index (χ0v) is 9.19. The first-order valence-electron chi connectivity index (χ1n) is 5.26. The van der Waals surface area contributed by atoms with Gasteiger partial charge in [-0.05, 0) is 18.1 Å². The Bertz CT molecular complexity index is 387. The van der Waals surface area contributed by atoms with Crippen molar-refractivity contribution in [1.29, 1.82) is 0 Å². The molecule has 0 unspecified atom stereocenters. The number of aryl methyl sites for hydroxylation is 1. The van der Waals surface area contributed by atoms with Crippen LogP contribution >= 0.6 is 0 Å². The molecule has 0 aliphatic carbocycles. The number of aldehydes is 1. The fourth-order valence-corrected chi connectivity index (χ4v) is 1.77. The van der Waals surface area contributed by atoms with E-state index in [9.17, 15) is 4.79 Å². The smallest absolute Gasteiger partial charge is 0.203 e. The molecule has 0 saturated carbocycles. The Kier molecular flexibility index (Phi) is 3.29. The lowest BCUT2D eigenvalue weighted by Crippen LogP contribution is -2.16. The number of ether oxygens (including phenoxy) is 3. The van der Waals surface area contributed by atoms with Gasteiger partial charge in [0, 0.05) is 6.42 Å². The average Bonchev–Trinajstić information content (AvgIpc) is 2.35. The van der Waals surface area contributed by atoms with Crippen LogP contribution in [0.25, 0.3) is 0 Å². The Hall–Kier alpha value is -1.71. The lowest BCUT2D eigenvalue weighted by atomic mass is 10.1. The van der Waals surface area contributed by atoms with Crippen LogP contribution in [0.5, 0.6) is 17.2 Å². The fraction of sp³-hybridized carbons (Fsp3) is 0.417. The van der Waals surface area contributed by atoms with Crippen molar-refractivity contribution in [3.63, 3.8) is 0 Å². The van der Waals surface area contributed by atoms with Gasteiger partial charge >= 0.3 is 0 Å². The molecule has 0 saturated heterocycles. The van der Waals surface area contributed by atoms with E-state index in [1.165, 1.54) is 0 Å². The number of carbonyl (C=O) groups excluding carboxylic acids is 1. The van der Waals surface area contributed by atoms with E-state index >= 15 is 0 Å². The molecule has 1 heterocycles. The van der Waals surface area contributed by atoms with Crippen molar-refractivity contribution in [1.82, 2.24) is 0 Å². The maximum Gasteiger partial charge on any atom is 0.203 e. The summed E-state index contributed by atoms with van der Waals surface area (Å²) in [5.74, 6) is 2.04. The largest absolute Gasteiger partial charge is 0.492 e. The molecule has 0 fully saturated rings. The molecular formula is C12H14O4. The van der Waals surface area contributed by atoms with Gasteiger partial charge in [0.2, 0.25) is 5.75 Å².